The Kier molecular flexibility index (Phi) is 3.90. The van der Waals surface area contributed by atoms with Crippen LogP contribution in [0.2, 0.25) is 0 Å². The van der Waals surface area contributed by atoms with Crippen molar-refractivity contribution in [1.29, 1.82) is 0 Å². The zero-order chi connectivity index (χ0) is 9.84. The predicted octanol–water partition coefficient (Wildman–Crippen LogP) is 2.96. The van der Waals surface area contributed by atoms with E-state index in [1.165, 1.54) is 12.8 Å². The van der Waals surface area contributed by atoms with Gasteiger partial charge in [-0.15, -0.1) is 5.10 Å². The zero-order valence-electron chi connectivity index (χ0n) is 8.42. The number of aryl methyl sites for hydroxylation is 1. The minimum Gasteiger partial charge on any atom is -0.235 e. The smallest absolute Gasteiger partial charge is 0.127 e. The number of hydrogen-bond acceptors (Lipinski definition) is 2. The van der Waals surface area contributed by atoms with Crippen LogP contribution in [-0.2, 0) is 6.42 Å². The molecule has 0 unspecified atom stereocenters. The lowest BCUT2D eigenvalue weighted by Gasteiger charge is -2.04. The van der Waals surface area contributed by atoms with Gasteiger partial charge in [-0.05, 0) is 42.6 Å². The molecule has 74 valence electrons. The molecule has 0 aromatic carbocycles. The molecule has 0 amide bonds. The van der Waals surface area contributed by atoms with Crippen molar-refractivity contribution in [1.82, 2.24) is 15.0 Å². The molecule has 13 heavy (non-hydrogen) atoms. The van der Waals surface area contributed by atoms with E-state index in [0.29, 0.717) is 6.04 Å². The summed E-state index contributed by atoms with van der Waals surface area (Å²) < 4.78 is 2.95. The first-order valence-electron chi connectivity index (χ1n) is 4.76. The summed E-state index contributed by atoms with van der Waals surface area (Å²) in [5.74, 6) is 0. The molecule has 0 bridgehead atoms. The van der Waals surface area contributed by atoms with E-state index in [2.05, 4.69) is 47.0 Å². The van der Waals surface area contributed by atoms with Crippen LogP contribution >= 0.6 is 15.9 Å². The standard InChI is InChI=1S/C9H16BrN3/c1-4-5-6-8-9(10)13(7(2)3)12-11-8/h7H,4-6H2,1-3H3. The fourth-order valence-corrected chi connectivity index (χ4v) is 1.90. The van der Waals surface area contributed by atoms with Crippen molar-refractivity contribution in [3.63, 3.8) is 0 Å². The molecule has 0 aliphatic heterocycles. The molecule has 4 heteroatoms. The molecule has 1 rings (SSSR count). The molecule has 1 heterocycles. The van der Waals surface area contributed by atoms with Gasteiger partial charge in [0.1, 0.15) is 4.60 Å². The number of unbranched alkanes of at least 4 members (excludes halogenated alkanes) is 1. The highest BCUT2D eigenvalue weighted by atomic mass is 79.9. The Morgan fingerprint density at radius 2 is 2.15 bits per heavy atom. The summed E-state index contributed by atoms with van der Waals surface area (Å²) >= 11 is 3.52. The van der Waals surface area contributed by atoms with Crippen LogP contribution in [0.3, 0.4) is 0 Å². The molecule has 0 atom stereocenters. The van der Waals surface area contributed by atoms with Gasteiger partial charge < -0.3 is 0 Å². The van der Waals surface area contributed by atoms with Crippen LogP contribution in [0.15, 0.2) is 4.60 Å². The van der Waals surface area contributed by atoms with E-state index in [1.807, 2.05) is 4.68 Å². The van der Waals surface area contributed by atoms with E-state index in [0.717, 1.165) is 16.7 Å². The normalized spacial score (nSPS) is 11.2. The summed E-state index contributed by atoms with van der Waals surface area (Å²) in [5, 5.41) is 8.23. The molecule has 1 aromatic rings. The number of aromatic nitrogens is 3. The average molecular weight is 246 g/mol. The molecule has 0 aliphatic carbocycles. The van der Waals surface area contributed by atoms with E-state index >= 15 is 0 Å². The SMILES string of the molecule is CCCCc1nnn(C(C)C)c1Br. The van der Waals surface area contributed by atoms with Crippen LogP contribution in [0.4, 0.5) is 0 Å². The van der Waals surface area contributed by atoms with Crippen molar-refractivity contribution in [2.75, 3.05) is 0 Å². The number of nitrogens with zero attached hydrogens (tertiary/aromatic N) is 3. The van der Waals surface area contributed by atoms with Gasteiger partial charge in [0.25, 0.3) is 0 Å². The second-order valence-corrected chi connectivity index (χ2v) is 4.22. The minimum atomic E-state index is 0.372. The molecule has 3 nitrogen and oxygen atoms in total. The van der Waals surface area contributed by atoms with Crippen molar-refractivity contribution >= 4 is 15.9 Å². The molecule has 0 N–H and O–H groups in total. The van der Waals surface area contributed by atoms with Crippen LogP contribution in [0, 0.1) is 0 Å². The third-order valence-electron chi connectivity index (χ3n) is 1.96. The van der Waals surface area contributed by atoms with Crippen LogP contribution in [0.1, 0.15) is 45.3 Å². The summed E-state index contributed by atoms with van der Waals surface area (Å²) in [6.45, 7) is 6.38. The second-order valence-electron chi connectivity index (χ2n) is 3.47. The maximum atomic E-state index is 4.14. The van der Waals surface area contributed by atoms with Gasteiger partial charge >= 0.3 is 0 Å². The second kappa shape index (κ2) is 4.74. The monoisotopic (exact) mass is 245 g/mol. The molecule has 0 radical (unpaired) electrons. The van der Waals surface area contributed by atoms with E-state index < -0.39 is 0 Å². The molecule has 0 fully saturated rings. The Balaban J connectivity index is 2.74. The highest BCUT2D eigenvalue weighted by Crippen LogP contribution is 2.19. The van der Waals surface area contributed by atoms with Crippen molar-refractivity contribution in [2.45, 2.75) is 46.1 Å². The molecule has 0 spiro atoms. The fourth-order valence-electron chi connectivity index (χ4n) is 1.14. The summed E-state index contributed by atoms with van der Waals surface area (Å²) in [5.41, 5.74) is 1.08. The van der Waals surface area contributed by atoms with Crippen molar-refractivity contribution in [3.05, 3.63) is 10.3 Å². The third kappa shape index (κ3) is 2.53. The van der Waals surface area contributed by atoms with Gasteiger partial charge in [-0.2, -0.15) is 0 Å². The summed E-state index contributed by atoms with van der Waals surface area (Å²) in [6, 6.07) is 0.372. The van der Waals surface area contributed by atoms with Gasteiger partial charge in [0.05, 0.1) is 5.69 Å². The largest absolute Gasteiger partial charge is 0.235 e. The van der Waals surface area contributed by atoms with Crippen LogP contribution in [0.25, 0.3) is 0 Å². The van der Waals surface area contributed by atoms with E-state index in [1.54, 1.807) is 0 Å². The Morgan fingerprint density at radius 1 is 1.46 bits per heavy atom. The topological polar surface area (TPSA) is 30.7 Å². The Bertz CT molecular complexity index is 268. The molecule has 0 aliphatic rings. The lowest BCUT2D eigenvalue weighted by molar-refractivity contribution is 0.505. The molecule has 0 saturated heterocycles. The van der Waals surface area contributed by atoms with Gasteiger partial charge in [-0.1, -0.05) is 18.6 Å². The van der Waals surface area contributed by atoms with Crippen LogP contribution < -0.4 is 0 Å². The minimum absolute atomic E-state index is 0.372. The maximum Gasteiger partial charge on any atom is 0.127 e. The van der Waals surface area contributed by atoms with Crippen LogP contribution in [-0.4, -0.2) is 15.0 Å². The first kappa shape index (κ1) is 10.7. The van der Waals surface area contributed by atoms with Gasteiger partial charge in [-0.25, -0.2) is 4.68 Å². The quantitative estimate of drug-likeness (QED) is 0.817. The number of rotatable bonds is 4. The highest BCUT2D eigenvalue weighted by Gasteiger charge is 2.10. The fraction of sp³-hybridized carbons (Fsp3) is 0.778. The summed E-state index contributed by atoms with van der Waals surface area (Å²) in [6.07, 6.45) is 3.39. The Hall–Kier alpha value is -0.380. The first-order chi connectivity index (χ1) is 6.16. The Labute approximate surface area is 87.6 Å². The highest BCUT2D eigenvalue weighted by molar-refractivity contribution is 9.10. The zero-order valence-corrected chi connectivity index (χ0v) is 10.0. The lowest BCUT2D eigenvalue weighted by Crippen LogP contribution is -2.03. The number of hydrogen-bond donors (Lipinski definition) is 0. The van der Waals surface area contributed by atoms with Crippen molar-refractivity contribution in [2.24, 2.45) is 0 Å². The van der Waals surface area contributed by atoms with Gasteiger partial charge in [0.2, 0.25) is 0 Å². The molecule has 0 saturated carbocycles. The van der Waals surface area contributed by atoms with Crippen molar-refractivity contribution < 1.29 is 0 Å². The van der Waals surface area contributed by atoms with Crippen LogP contribution in [0.5, 0.6) is 0 Å². The predicted molar refractivity (Wildman–Crippen MR) is 56.7 cm³/mol. The van der Waals surface area contributed by atoms with Crippen molar-refractivity contribution in [3.8, 4) is 0 Å². The van der Waals surface area contributed by atoms with Gasteiger partial charge in [0.15, 0.2) is 0 Å². The van der Waals surface area contributed by atoms with E-state index in [9.17, 15) is 0 Å². The average Bonchev–Trinajstić information content (AvgIpc) is 2.43. The summed E-state index contributed by atoms with van der Waals surface area (Å²) in [4.78, 5) is 0. The summed E-state index contributed by atoms with van der Waals surface area (Å²) in [7, 11) is 0. The maximum absolute atomic E-state index is 4.14. The lowest BCUT2D eigenvalue weighted by atomic mass is 10.2. The van der Waals surface area contributed by atoms with E-state index in [4.69, 9.17) is 0 Å². The Morgan fingerprint density at radius 3 is 2.62 bits per heavy atom. The van der Waals surface area contributed by atoms with E-state index in [-0.39, 0.29) is 0 Å². The van der Waals surface area contributed by atoms with Gasteiger partial charge in [-0.3, -0.25) is 0 Å². The van der Waals surface area contributed by atoms with Gasteiger partial charge in [0, 0.05) is 6.04 Å². The molecule has 1 aromatic heterocycles. The number of halogens is 1. The molecular formula is C9H16BrN3. The first-order valence-corrected chi connectivity index (χ1v) is 5.55. The third-order valence-corrected chi connectivity index (χ3v) is 2.78. The molecular weight excluding hydrogens is 230 g/mol.